The lowest BCUT2D eigenvalue weighted by Crippen LogP contribution is -2.04. The SMILES string of the molecule is CCCCOc1cc(OC)ccc1/C(C)=N/O. The largest absolute Gasteiger partial charge is 0.497 e. The zero-order valence-corrected chi connectivity index (χ0v) is 10.6. The lowest BCUT2D eigenvalue weighted by molar-refractivity contribution is 0.304. The minimum absolute atomic E-state index is 0.527. The molecule has 0 fully saturated rings. The van der Waals surface area contributed by atoms with Crippen molar-refractivity contribution in [2.45, 2.75) is 26.7 Å². The molecule has 0 unspecified atom stereocenters. The first-order chi connectivity index (χ1) is 8.22. The molecule has 1 aromatic carbocycles. The Bertz CT molecular complexity index is 388. The summed E-state index contributed by atoms with van der Waals surface area (Å²) in [7, 11) is 1.61. The average Bonchev–Trinajstić information content (AvgIpc) is 2.38. The molecular weight excluding hydrogens is 218 g/mol. The summed E-state index contributed by atoms with van der Waals surface area (Å²) >= 11 is 0. The van der Waals surface area contributed by atoms with Crippen LogP contribution in [0.5, 0.6) is 11.5 Å². The van der Waals surface area contributed by atoms with Gasteiger partial charge in [0, 0.05) is 11.6 Å². The molecule has 94 valence electrons. The predicted octanol–water partition coefficient (Wildman–Crippen LogP) is 3.07. The van der Waals surface area contributed by atoms with Crippen molar-refractivity contribution in [2.75, 3.05) is 13.7 Å². The number of oxime groups is 1. The summed E-state index contributed by atoms with van der Waals surface area (Å²) in [5, 5.41) is 12.0. The number of unbranched alkanes of at least 4 members (excludes halogenated alkanes) is 1. The topological polar surface area (TPSA) is 51.0 Å². The molecule has 4 heteroatoms. The highest BCUT2D eigenvalue weighted by molar-refractivity contribution is 6.00. The molecule has 0 saturated carbocycles. The molecule has 0 aliphatic carbocycles. The second-order valence-corrected chi connectivity index (χ2v) is 3.75. The molecule has 0 aliphatic heterocycles. The molecule has 1 N–H and O–H groups in total. The maximum atomic E-state index is 8.81. The van der Waals surface area contributed by atoms with E-state index in [1.54, 1.807) is 20.1 Å². The van der Waals surface area contributed by atoms with Crippen LogP contribution in [0.25, 0.3) is 0 Å². The Morgan fingerprint density at radius 1 is 1.41 bits per heavy atom. The smallest absolute Gasteiger partial charge is 0.132 e. The van der Waals surface area contributed by atoms with E-state index >= 15 is 0 Å². The van der Waals surface area contributed by atoms with Gasteiger partial charge in [-0.2, -0.15) is 0 Å². The van der Waals surface area contributed by atoms with Crippen LogP contribution in [0.1, 0.15) is 32.3 Å². The van der Waals surface area contributed by atoms with Gasteiger partial charge in [0.1, 0.15) is 11.5 Å². The lowest BCUT2D eigenvalue weighted by Gasteiger charge is -2.12. The van der Waals surface area contributed by atoms with E-state index < -0.39 is 0 Å². The molecule has 4 nitrogen and oxygen atoms in total. The van der Waals surface area contributed by atoms with Gasteiger partial charge in [-0.15, -0.1) is 0 Å². The Labute approximate surface area is 102 Å². The van der Waals surface area contributed by atoms with E-state index in [2.05, 4.69) is 12.1 Å². The van der Waals surface area contributed by atoms with Crippen molar-refractivity contribution in [3.8, 4) is 11.5 Å². The Morgan fingerprint density at radius 2 is 2.18 bits per heavy atom. The third kappa shape index (κ3) is 3.66. The fourth-order valence-corrected chi connectivity index (χ4v) is 1.43. The van der Waals surface area contributed by atoms with Crippen LogP contribution in [-0.4, -0.2) is 24.6 Å². The summed E-state index contributed by atoms with van der Waals surface area (Å²) in [5.41, 5.74) is 1.31. The van der Waals surface area contributed by atoms with Crippen molar-refractivity contribution in [3.05, 3.63) is 23.8 Å². The van der Waals surface area contributed by atoms with Crippen LogP contribution in [0.15, 0.2) is 23.4 Å². The molecule has 0 amide bonds. The van der Waals surface area contributed by atoms with Gasteiger partial charge in [0.25, 0.3) is 0 Å². The van der Waals surface area contributed by atoms with Gasteiger partial charge in [0.05, 0.1) is 19.4 Å². The number of hydrogen-bond acceptors (Lipinski definition) is 4. The van der Waals surface area contributed by atoms with Gasteiger partial charge in [-0.05, 0) is 25.5 Å². The van der Waals surface area contributed by atoms with Crippen molar-refractivity contribution >= 4 is 5.71 Å². The quantitative estimate of drug-likeness (QED) is 0.358. The fourth-order valence-electron chi connectivity index (χ4n) is 1.43. The average molecular weight is 237 g/mol. The Morgan fingerprint density at radius 3 is 2.76 bits per heavy atom. The number of methoxy groups -OCH3 is 1. The molecule has 0 spiro atoms. The van der Waals surface area contributed by atoms with E-state index in [0.29, 0.717) is 18.1 Å². The minimum Gasteiger partial charge on any atom is -0.497 e. The van der Waals surface area contributed by atoms with Crippen LogP contribution in [0.4, 0.5) is 0 Å². The van der Waals surface area contributed by atoms with E-state index in [-0.39, 0.29) is 0 Å². The van der Waals surface area contributed by atoms with Crippen LogP contribution in [0.2, 0.25) is 0 Å². The standard InChI is InChI=1S/C13H19NO3/c1-4-5-8-17-13-9-11(16-3)6-7-12(13)10(2)14-15/h6-7,9,15H,4-5,8H2,1-3H3/b14-10+. The number of ether oxygens (including phenoxy) is 2. The van der Waals surface area contributed by atoms with Crippen molar-refractivity contribution in [2.24, 2.45) is 5.16 Å². The molecule has 0 aromatic heterocycles. The van der Waals surface area contributed by atoms with Crippen LogP contribution in [0.3, 0.4) is 0 Å². The highest BCUT2D eigenvalue weighted by Crippen LogP contribution is 2.25. The van der Waals surface area contributed by atoms with Gasteiger partial charge in [0.2, 0.25) is 0 Å². The zero-order valence-electron chi connectivity index (χ0n) is 10.6. The van der Waals surface area contributed by atoms with E-state index in [9.17, 15) is 0 Å². The summed E-state index contributed by atoms with van der Waals surface area (Å²) in [5.74, 6) is 1.42. The first kappa shape index (κ1) is 13.4. The molecule has 0 saturated heterocycles. The Kier molecular flexibility index (Phi) is 5.33. The van der Waals surface area contributed by atoms with Gasteiger partial charge in [0.15, 0.2) is 0 Å². The summed E-state index contributed by atoms with van der Waals surface area (Å²) in [6.07, 6.45) is 2.07. The van der Waals surface area contributed by atoms with Crippen LogP contribution in [0, 0.1) is 0 Å². The number of rotatable bonds is 6. The van der Waals surface area contributed by atoms with Gasteiger partial charge in [-0.25, -0.2) is 0 Å². The van der Waals surface area contributed by atoms with Crippen LogP contribution < -0.4 is 9.47 Å². The second kappa shape index (κ2) is 6.78. The predicted molar refractivity (Wildman–Crippen MR) is 67.4 cm³/mol. The lowest BCUT2D eigenvalue weighted by atomic mass is 10.1. The Balaban J connectivity index is 2.95. The number of nitrogens with zero attached hydrogens (tertiary/aromatic N) is 1. The number of benzene rings is 1. The van der Waals surface area contributed by atoms with Crippen molar-refractivity contribution < 1.29 is 14.7 Å². The molecule has 0 atom stereocenters. The summed E-state index contributed by atoms with van der Waals surface area (Å²) in [6.45, 7) is 4.49. The van der Waals surface area contributed by atoms with E-state index in [1.807, 2.05) is 12.1 Å². The van der Waals surface area contributed by atoms with Gasteiger partial charge >= 0.3 is 0 Å². The summed E-state index contributed by atoms with van der Waals surface area (Å²) in [4.78, 5) is 0. The second-order valence-electron chi connectivity index (χ2n) is 3.75. The van der Waals surface area contributed by atoms with Gasteiger partial charge in [-0.3, -0.25) is 0 Å². The maximum Gasteiger partial charge on any atom is 0.132 e. The van der Waals surface area contributed by atoms with E-state index in [0.717, 1.165) is 24.2 Å². The molecule has 17 heavy (non-hydrogen) atoms. The molecule has 0 radical (unpaired) electrons. The van der Waals surface area contributed by atoms with Crippen molar-refractivity contribution in [3.63, 3.8) is 0 Å². The summed E-state index contributed by atoms with van der Waals surface area (Å²) < 4.78 is 10.8. The first-order valence-corrected chi connectivity index (χ1v) is 5.72. The molecule has 0 bridgehead atoms. The zero-order chi connectivity index (χ0) is 12.7. The first-order valence-electron chi connectivity index (χ1n) is 5.72. The van der Waals surface area contributed by atoms with Crippen LogP contribution >= 0.6 is 0 Å². The van der Waals surface area contributed by atoms with Crippen LogP contribution in [-0.2, 0) is 0 Å². The normalized spacial score (nSPS) is 11.4. The van der Waals surface area contributed by atoms with E-state index in [1.165, 1.54) is 0 Å². The molecule has 1 rings (SSSR count). The van der Waals surface area contributed by atoms with Gasteiger partial charge < -0.3 is 14.7 Å². The monoisotopic (exact) mass is 237 g/mol. The third-order valence-corrected chi connectivity index (χ3v) is 2.48. The summed E-state index contributed by atoms with van der Waals surface area (Å²) in [6, 6.07) is 5.45. The molecule has 0 heterocycles. The molecule has 1 aromatic rings. The Hall–Kier alpha value is -1.71. The third-order valence-electron chi connectivity index (χ3n) is 2.48. The van der Waals surface area contributed by atoms with Crippen molar-refractivity contribution in [1.29, 1.82) is 0 Å². The highest BCUT2D eigenvalue weighted by atomic mass is 16.5. The van der Waals surface area contributed by atoms with Crippen molar-refractivity contribution in [1.82, 2.24) is 0 Å². The maximum absolute atomic E-state index is 8.81. The van der Waals surface area contributed by atoms with Gasteiger partial charge in [-0.1, -0.05) is 18.5 Å². The molecular formula is C13H19NO3. The minimum atomic E-state index is 0.527. The number of hydrogen-bond donors (Lipinski definition) is 1. The fraction of sp³-hybridized carbons (Fsp3) is 0.462. The molecule has 0 aliphatic rings. The van der Waals surface area contributed by atoms with E-state index in [4.69, 9.17) is 14.7 Å². The highest BCUT2D eigenvalue weighted by Gasteiger charge is 2.09.